The number of carbonyl (C=O) groups excluding carboxylic acids is 1. The molecule has 0 radical (unpaired) electrons. The fourth-order valence-electron chi connectivity index (χ4n) is 5.55. The van der Waals surface area contributed by atoms with Gasteiger partial charge < -0.3 is 14.2 Å². The summed E-state index contributed by atoms with van der Waals surface area (Å²) in [6, 6.07) is 19.3. The molecule has 0 N–H and O–H groups in total. The first-order valence-electron chi connectivity index (χ1n) is 18.4. The van der Waals surface area contributed by atoms with Gasteiger partial charge in [-0.1, -0.05) is 102 Å². The van der Waals surface area contributed by atoms with E-state index in [9.17, 15) is 18.0 Å². The van der Waals surface area contributed by atoms with Crippen LogP contribution in [-0.2, 0) is 9.47 Å². The van der Waals surface area contributed by atoms with E-state index in [1.165, 1.54) is 70.6 Å². The number of alkyl halides is 3. The van der Waals surface area contributed by atoms with Gasteiger partial charge in [-0.3, -0.25) is 4.98 Å². The van der Waals surface area contributed by atoms with E-state index in [1.807, 2.05) is 54.7 Å². The van der Waals surface area contributed by atoms with E-state index in [4.69, 9.17) is 14.2 Å². The normalized spacial score (nSPS) is 12.2. The number of unbranched alkanes of at least 4 members (excludes halogenated alkanes) is 14. The van der Waals surface area contributed by atoms with Crippen molar-refractivity contribution in [3.63, 3.8) is 0 Å². The molecule has 0 spiro atoms. The van der Waals surface area contributed by atoms with Crippen LogP contribution in [0.4, 0.5) is 13.2 Å². The van der Waals surface area contributed by atoms with Crippen LogP contribution in [0.3, 0.4) is 0 Å². The number of hydrogen-bond donors (Lipinski definition) is 0. The Morgan fingerprint density at radius 3 is 1.69 bits per heavy atom. The maximum Gasteiger partial charge on any atom is 0.414 e. The monoisotopic (exact) mass is 683 g/mol. The van der Waals surface area contributed by atoms with Crippen LogP contribution < -0.4 is 4.74 Å². The third kappa shape index (κ3) is 16.2. The van der Waals surface area contributed by atoms with E-state index in [1.54, 1.807) is 12.1 Å². The number of ether oxygens (including phenoxy) is 3. The minimum absolute atomic E-state index is 0.0627. The number of esters is 1. The molecular formula is C41H56F3NO4. The third-order valence-corrected chi connectivity index (χ3v) is 8.73. The van der Waals surface area contributed by atoms with Gasteiger partial charge in [-0.15, -0.1) is 0 Å². The van der Waals surface area contributed by atoms with Gasteiger partial charge in [0.2, 0.25) is 0 Å². The molecular weight excluding hydrogens is 627 g/mol. The Kier molecular flexibility index (Phi) is 18.9. The van der Waals surface area contributed by atoms with Gasteiger partial charge in [-0.05, 0) is 80.6 Å². The summed E-state index contributed by atoms with van der Waals surface area (Å²) in [7, 11) is 0. The lowest BCUT2D eigenvalue weighted by molar-refractivity contribution is -0.214. The molecule has 3 rings (SSSR count). The zero-order valence-corrected chi connectivity index (χ0v) is 29.6. The predicted octanol–water partition coefficient (Wildman–Crippen LogP) is 12.2. The van der Waals surface area contributed by atoms with Gasteiger partial charge in [0.15, 0.2) is 6.10 Å². The minimum Gasteiger partial charge on any atom is -0.494 e. The molecule has 0 saturated heterocycles. The molecule has 0 bridgehead atoms. The maximum atomic E-state index is 12.4. The van der Waals surface area contributed by atoms with Crippen molar-refractivity contribution in [1.82, 2.24) is 4.98 Å². The molecule has 1 heterocycles. The molecule has 49 heavy (non-hydrogen) atoms. The van der Waals surface area contributed by atoms with Crippen LogP contribution in [0, 0.1) is 0 Å². The summed E-state index contributed by atoms with van der Waals surface area (Å²) in [5.74, 6) is 0.481. The Balaban J connectivity index is 1.28. The van der Waals surface area contributed by atoms with Crippen LogP contribution in [-0.4, -0.2) is 43.1 Å². The Labute approximate surface area is 292 Å². The van der Waals surface area contributed by atoms with Crippen LogP contribution >= 0.6 is 0 Å². The Morgan fingerprint density at radius 1 is 0.633 bits per heavy atom. The standard InChI is InChI=1S/C41H56F3NO4/c1-3-4-5-6-7-8-9-10-11-12-13-17-30-48-38-26-23-35(24-27-38)39-28-25-37(32-45-39)34-19-21-36(22-20-34)40(46)49-31-18-15-14-16-29-47-33(2)41(42,43)44/h19-28,32-33H,3-18,29-31H2,1-2H3. The second-order valence-electron chi connectivity index (χ2n) is 12.9. The lowest BCUT2D eigenvalue weighted by Gasteiger charge is -2.16. The first kappa shape index (κ1) is 40.0. The van der Waals surface area contributed by atoms with Crippen LogP contribution in [0.2, 0.25) is 0 Å². The second-order valence-corrected chi connectivity index (χ2v) is 12.9. The van der Waals surface area contributed by atoms with Crippen molar-refractivity contribution < 1.29 is 32.2 Å². The number of hydrogen-bond acceptors (Lipinski definition) is 5. The van der Waals surface area contributed by atoms with E-state index in [-0.39, 0.29) is 13.2 Å². The van der Waals surface area contributed by atoms with E-state index < -0.39 is 18.2 Å². The van der Waals surface area contributed by atoms with Crippen molar-refractivity contribution in [2.75, 3.05) is 19.8 Å². The zero-order chi connectivity index (χ0) is 35.2. The van der Waals surface area contributed by atoms with Gasteiger partial charge in [0.1, 0.15) is 5.75 Å². The van der Waals surface area contributed by atoms with Gasteiger partial charge in [-0.25, -0.2) is 4.79 Å². The van der Waals surface area contributed by atoms with Gasteiger partial charge in [0.25, 0.3) is 0 Å². The highest BCUT2D eigenvalue weighted by molar-refractivity contribution is 5.90. The van der Waals surface area contributed by atoms with Crippen LogP contribution in [0.15, 0.2) is 66.9 Å². The molecule has 2 aromatic carbocycles. The molecule has 1 aromatic heterocycles. The highest BCUT2D eigenvalue weighted by atomic mass is 19.4. The number of rotatable bonds is 25. The Bertz CT molecular complexity index is 1290. The summed E-state index contributed by atoms with van der Waals surface area (Å²) in [4.78, 5) is 17.1. The van der Waals surface area contributed by atoms with Crippen LogP contribution in [0.1, 0.15) is 127 Å². The Hall–Kier alpha value is -3.39. The highest BCUT2D eigenvalue weighted by Crippen LogP contribution is 2.25. The number of halogens is 3. The molecule has 0 fully saturated rings. The molecule has 5 nitrogen and oxygen atoms in total. The fourth-order valence-corrected chi connectivity index (χ4v) is 5.55. The van der Waals surface area contributed by atoms with E-state index in [0.29, 0.717) is 24.8 Å². The molecule has 1 unspecified atom stereocenters. The van der Waals surface area contributed by atoms with E-state index >= 15 is 0 Å². The van der Waals surface area contributed by atoms with Crippen molar-refractivity contribution in [3.8, 4) is 28.1 Å². The number of carbonyl (C=O) groups is 1. The van der Waals surface area contributed by atoms with Crippen LogP contribution in [0.25, 0.3) is 22.4 Å². The summed E-state index contributed by atoms with van der Waals surface area (Å²) >= 11 is 0. The van der Waals surface area contributed by atoms with Crippen molar-refractivity contribution in [1.29, 1.82) is 0 Å². The average molecular weight is 684 g/mol. The zero-order valence-electron chi connectivity index (χ0n) is 29.6. The molecule has 0 aliphatic carbocycles. The topological polar surface area (TPSA) is 57.7 Å². The number of pyridine rings is 1. The van der Waals surface area contributed by atoms with E-state index in [2.05, 4.69) is 11.9 Å². The smallest absolute Gasteiger partial charge is 0.414 e. The quantitative estimate of drug-likeness (QED) is 0.0657. The minimum atomic E-state index is -4.33. The first-order chi connectivity index (χ1) is 23.8. The maximum absolute atomic E-state index is 12.4. The lowest BCUT2D eigenvalue weighted by atomic mass is 10.0. The first-order valence-corrected chi connectivity index (χ1v) is 18.4. The van der Waals surface area contributed by atoms with E-state index in [0.717, 1.165) is 54.5 Å². The summed E-state index contributed by atoms with van der Waals surface area (Å²) in [5, 5.41) is 0. The number of nitrogens with zero attached hydrogens (tertiary/aromatic N) is 1. The van der Waals surface area contributed by atoms with Gasteiger partial charge in [-0.2, -0.15) is 13.2 Å². The van der Waals surface area contributed by atoms with Crippen molar-refractivity contribution in [3.05, 3.63) is 72.4 Å². The third-order valence-electron chi connectivity index (χ3n) is 8.73. The van der Waals surface area contributed by atoms with Gasteiger partial charge in [0, 0.05) is 23.9 Å². The molecule has 0 aliphatic heterocycles. The number of benzene rings is 2. The number of aromatic nitrogens is 1. The van der Waals surface area contributed by atoms with Crippen molar-refractivity contribution in [2.24, 2.45) is 0 Å². The van der Waals surface area contributed by atoms with Gasteiger partial charge in [0.05, 0.1) is 24.5 Å². The molecule has 8 heteroatoms. The highest BCUT2D eigenvalue weighted by Gasteiger charge is 2.36. The second kappa shape index (κ2) is 23.1. The summed E-state index contributed by atoms with van der Waals surface area (Å²) in [5.41, 5.74) is 4.24. The molecule has 0 aliphatic rings. The van der Waals surface area contributed by atoms with Crippen molar-refractivity contribution >= 4 is 5.97 Å². The van der Waals surface area contributed by atoms with Gasteiger partial charge >= 0.3 is 12.1 Å². The largest absolute Gasteiger partial charge is 0.494 e. The summed E-state index contributed by atoms with van der Waals surface area (Å²) < 4.78 is 53.5. The summed E-state index contributed by atoms with van der Waals surface area (Å²) in [6.07, 6.45) is 14.3. The molecule has 3 aromatic rings. The molecule has 0 saturated carbocycles. The van der Waals surface area contributed by atoms with Crippen LogP contribution in [0.5, 0.6) is 5.75 Å². The van der Waals surface area contributed by atoms with Crippen molar-refractivity contribution in [2.45, 2.75) is 129 Å². The molecule has 270 valence electrons. The Morgan fingerprint density at radius 2 is 1.14 bits per heavy atom. The average Bonchev–Trinajstić information content (AvgIpc) is 3.11. The molecule has 1 atom stereocenters. The fraction of sp³-hybridized carbons (Fsp3) is 0.561. The molecule has 0 amide bonds. The summed E-state index contributed by atoms with van der Waals surface area (Å²) in [6.45, 7) is 4.35. The SMILES string of the molecule is CCCCCCCCCCCCCCOc1ccc(-c2ccc(-c3ccc(C(=O)OCCCCCCOC(C)C(F)(F)F)cc3)cn2)cc1. The predicted molar refractivity (Wildman–Crippen MR) is 192 cm³/mol. The lowest BCUT2D eigenvalue weighted by Crippen LogP contribution is -2.28.